The number of aromatic nitrogens is 1. The van der Waals surface area contributed by atoms with Crippen LogP contribution >= 0.6 is 22.6 Å². The van der Waals surface area contributed by atoms with E-state index >= 15 is 0 Å². The minimum Gasteiger partial charge on any atom is -0.265 e. The predicted octanol–water partition coefficient (Wildman–Crippen LogP) is 3.49. The minimum absolute atomic E-state index is 0.441. The summed E-state index contributed by atoms with van der Waals surface area (Å²) >= 11 is 2.34. The molecule has 0 saturated carbocycles. The smallest absolute Gasteiger partial charge is 0.0701 e. The summed E-state index contributed by atoms with van der Waals surface area (Å²) in [5.74, 6) is 0. The third-order valence-corrected chi connectivity index (χ3v) is 4.53. The number of halogens is 1. The van der Waals surface area contributed by atoms with Crippen LogP contribution in [0, 0.1) is 0 Å². The lowest BCUT2D eigenvalue weighted by molar-refractivity contribution is -0.236. The molecule has 0 fully saturated rings. The Hall–Kier alpha value is -0.460. The van der Waals surface area contributed by atoms with Crippen LogP contribution in [-0.2, 0) is 5.21 Å². The van der Waals surface area contributed by atoms with Crippen molar-refractivity contribution in [1.82, 2.24) is 10.0 Å². The average Bonchev–Trinajstić information content (AvgIpc) is 2.47. The molecular formula is C14H18IN2O. The van der Waals surface area contributed by atoms with E-state index in [2.05, 4.69) is 27.6 Å². The number of hydroxylamine groups is 2. The molecule has 0 atom stereocenters. The number of hydrogen-bond acceptors (Lipinski definition) is 2. The lowest BCUT2D eigenvalue weighted by Crippen LogP contribution is -2.47. The number of rotatable bonds is 2. The molecule has 2 rings (SSSR count). The molecule has 18 heavy (non-hydrogen) atoms. The zero-order chi connectivity index (χ0) is 13.6. The highest BCUT2D eigenvalue weighted by Crippen LogP contribution is 2.49. The van der Waals surface area contributed by atoms with Crippen molar-refractivity contribution in [1.29, 1.82) is 0 Å². The Morgan fingerprint density at radius 2 is 1.72 bits per heavy atom. The van der Waals surface area contributed by atoms with E-state index in [1.165, 1.54) is 10.6 Å². The molecule has 97 valence electrons. The zero-order valence-electron chi connectivity index (χ0n) is 11.2. The molecule has 0 amide bonds. The van der Waals surface area contributed by atoms with Gasteiger partial charge in [-0.25, -0.2) is 0 Å². The Morgan fingerprint density at radius 1 is 1.17 bits per heavy atom. The normalized spacial score (nSPS) is 22.6. The van der Waals surface area contributed by atoms with E-state index < -0.39 is 11.1 Å². The Bertz CT molecular complexity index is 480. The van der Waals surface area contributed by atoms with E-state index in [4.69, 9.17) is 0 Å². The van der Waals surface area contributed by atoms with Gasteiger partial charge < -0.3 is 0 Å². The Balaban J connectivity index is 2.67. The van der Waals surface area contributed by atoms with Crippen LogP contribution in [0.15, 0.2) is 30.1 Å². The molecule has 2 heterocycles. The fraction of sp³-hybridized carbons (Fsp3) is 0.500. The van der Waals surface area contributed by atoms with Crippen molar-refractivity contribution in [2.24, 2.45) is 0 Å². The van der Waals surface area contributed by atoms with Gasteiger partial charge in [0.05, 0.1) is 11.1 Å². The molecule has 0 aliphatic carbocycles. The SMILES string of the molecule is CC1(C)C(CI)=C(c2ccncc2)C(C)(C)N1[O]. The molecule has 3 nitrogen and oxygen atoms in total. The summed E-state index contributed by atoms with van der Waals surface area (Å²) in [6.07, 6.45) is 3.56. The van der Waals surface area contributed by atoms with E-state index in [9.17, 15) is 5.21 Å². The molecule has 1 aromatic rings. The van der Waals surface area contributed by atoms with Gasteiger partial charge in [-0.05, 0) is 56.5 Å². The Kier molecular flexibility index (Phi) is 3.55. The second kappa shape index (κ2) is 4.58. The summed E-state index contributed by atoms with van der Waals surface area (Å²) in [4.78, 5) is 4.05. The van der Waals surface area contributed by atoms with Gasteiger partial charge in [0.25, 0.3) is 0 Å². The van der Waals surface area contributed by atoms with Crippen LogP contribution < -0.4 is 0 Å². The first-order chi connectivity index (χ1) is 8.33. The first-order valence-corrected chi connectivity index (χ1v) is 7.54. The number of alkyl halides is 1. The fourth-order valence-electron chi connectivity index (χ4n) is 2.87. The monoisotopic (exact) mass is 357 g/mol. The largest absolute Gasteiger partial charge is 0.265 e. The molecule has 0 bridgehead atoms. The fourth-order valence-corrected chi connectivity index (χ4v) is 4.19. The van der Waals surface area contributed by atoms with E-state index in [1.54, 1.807) is 12.4 Å². The number of hydrogen-bond donors (Lipinski definition) is 0. The van der Waals surface area contributed by atoms with Gasteiger partial charge in [-0.15, -0.1) is 10.3 Å². The summed E-state index contributed by atoms with van der Waals surface area (Å²) in [5.41, 5.74) is 2.54. The highest BCUT2D eigenvalue weighted by atomic mass is 127. The number of nitrogens with zero attached hydrogens (tertiary/aromatic N) is 2. The van der Waals surface area contributed by atoms with Crippen molar-refractivity contribution in [2.75, 3.05) is 4.43 Å². The van der Waals surface area contributed by atoms with Crippen LogP contribution in [0.25, 0.3) is 5.57 Å². The lowest BCUT2D eigenvalue weighted by Gasteiger charge is -2.34. The van der Waals surface area contributed by atoms with Crippen LogP contribution in [0.1, 0.15) is 33.3 Å². The van der Waals surface area contributed by atoms with Crippen LogP contribution in [-0.4, -0.2) is 25.6 Å². The molecule has 0 N–H and O–H groups in total. The molecule has 1 aliphatic rings. The van der Waals surface area contributed by atoms with Gasteiger partial charge in [-0.2, -0.15) is 0 Å². The highest BCUT2D eigenvalue weighted by molar-refractivity contribution is 14.1. The standard InChI is InChI=1S/C14H18IN2O/c1-13(2)11(9-15)12(14(3,4)17(13)18)10-5-7-16-8-6-10/h5-8H,9H2,1-4H3. The van der Waals surface area contributed by atoms with Crippen molar-refractivity contribution >= 4 is 28.2 Å². The average molecular weight is 357 g/mol. The van der Waals surface area contributed by atoms with Crippen molar-refractivity contribution in [2.45, 2.75) is 38.8 Å². The van der Waals surface area contributed by atoms with Crippen molar-refractivity contribution in [3.63, 3.8) is 0 Å². The second-order valence-electron chi connectivity index (χ2n) is 5.64. The quantitative estimate of drug-likeness (QED) is 0.600. The van der Waals surface area contributed by atoms with Gasteiger partial charge in [-0.1, -0.05) is 22.6 Å². The molecule has 4 heteroatoms. The summed E-state index contributed by atoms with van der Waals surface area (Å²) < 4.78 is 0.866. The topological polar surface area (TPSA) is 36.0 Å². The highest BCUT2D eigenvalue weighted by Gasteiger charge is 2.51. The van der Waals surface area contributed by atoms with E-state index in [1.807, 2.05) is 39.8 Å². The maximum Gasteiger partial charge on any atom is 0.0701 e. The first-order valence-electron chi connectivity index (χ1n) is 6.01. The maximum atomic E-state index is 12.6. The summed E-state index contributed by atoms with van der Waals surface area (Å²) in [6.45, 7) is 8.00. The van der Waals surface area contributed by atoms with Gasteiger partial charge in [-0.3, -0.25) is 4.98 Å². The molecule has 1 aromatic heterocycles. The molecule has 1 radical (unpaired) electrons. The third kappa shape index (κ3) is 1.90. The lowest BCUT2D eigenvalue weighted by atomic mass is 9.87. The van der Waals surface area contributed by atoms with Gasteiger partial charge >= 0.3 is 0 Å². The Labute approximate surface area is 122 Å². The molecule has 0 aromatic carbocycles. The third-order valence-electron chi connectivity index (χ3n) is 3.77. The minimum atomic E-state index is -0.495. The van der Waals surface area contributed by atoms with E-state index in [0.717, 1.165) is 15.6 Å². The maximum absolute atomic E-state index is 12.6. The summed E-state index contributed by atoms with van der Waals surface area (Å²) in [6, 6.07) is 3.97. The first kappa shape index (κ1) is 14.0. The van der Waals surface area contributed by atoms with Crippen LogP contribution in [0.4, 0.5) is 0 Å². The van der Waals surface area contributed by atoms with Gasteiger partial charge in [0.15, 0.2) is 0 Å². The van der Waals surface area contributed by atoms with Crippen molar-refractivity contribution < 1.29 is 5.21 Å². The van der Waals surface area contributed by atoms with Gasteiger partial charge in [0.1, 0.15) is 0 Å². The van der Waals surface area contributed by atoms with Crippen molar-refractivity contribution in [3.05, 3.63) is 35.7 Å². The molecule has 0 unspecified atom stereocenters. The molecule has 0 saturated heterocycles. The summed E-state index contributed by atoms with van der Waals surface area (Å²) in [7, 11) is 0. The molecule has 1 aliphatic heterocycles. The van der Waals surface area contributed by atoms with E-state index in [-0.39, 0.29) is 0 Å². The van der Waals surface area contributed by atoms with E-state index in [0.29, 0.717) is 0 Å². The van der Waals surface area contributed by atoms with Crippen LogP contribution in [0.5, 0.6) is 0 Å². The summed E-state index contributed by atoms with van der Waals surface area (Å²) in [5, 5.41) is 13.8. The Morgan fingerprint density at radius 3 is 2.22 bits per heavy atom. The molecular weight excluding hydrogens is 339 g/mol. The zero-order valence-corrected chi connectivity index (χ0v) is 13.4. The van der Waals surface area contributed by atoms with Gasteiger partial charge in [0.2, 0.25) is 0 Å². The van der Waals surface area contributed by atoms with Crippen molar-refractivity contribution in [3.8, 4) is 0 Å². The number of pyridine rings is 1. The van der Waals surface area contributed by atoms with Gasteiger partial charge in [0, 0.05) is 16.8 Å². The second-order valence-corrected chi connectivity index (χ2v) is 6.40. The predicted molar refractivity (Wildman–Crippen MR) is 80.7 cm³/mol. The van der Waals surface area contributed by atoms with Crippen LogP contribution in [0.2, 0.25) is 0 Å². The van der Waals surface area contributed by atoms with Crippen LogP contribution in [0.3, 0.4) is 0 Å². The molecule has 0 spiro atoms.